The van der Waals surface area contributed by atoms with E-state index >= 15 is 0 Å². The Bertz CT molecular complexity index is 900. The van der Waals surface area contributed by atoms with Crippen LogP contribution in [0.4, 0.5) is 0 Å². The van der Waals surface area contributed by atoms with Crippen LogP contribution in [0, 0.1) is 6.92 Å². The number of rotatable bonds is 9. The number of benzene rings is 2. The van der Waals surface area contributed by atoms with Crippen LogP contribution in [-0.4, -0.2) is 11.6 Å². The van der Waals surface area contributed by atoms with E-state index in [0.717, 1.165) is 40.2 Å². The number of hydrogen-bond acceptors (Lipinski definition) is 4. The van der Waals surface area contributed by atoms with Crippen molar-refractivity contribution in [2.24, 2.45) is 0 Å². The second kappa shape index (κ2) is 10.2. The van der Waals surface area contributed by atoms with E-state index < -0.39 is 0 Å². The SMILES string of the molecule is CCOc1cc(CNCc2cccnc2)cc(Br)c1OCc1ccccc1C. The zero-order valence-electron chi connectivity index (χ0n) is 16.2. The second-order valence-electron chi connectivity index (χ2n) is 6.52. The maximum atomic E-state index is 6.12. The molecule has 28 heavy (non-hydrogen) atoms. The highest BCUT2D eigenvalue weighted by atomic mass is 79.9. The molecule has 0 aliphatic carbocycles. The molecule has 0 aliphatic heterocycles. The van der Waals surface area contributed by atoms with Crippen molar-refractivity contribution in [3.63, 3.8) is 0 Å². The summed E-state index contributed by atoms with van der Waals surface area (Å²) in [6.45, 7) is 6.65. The van der Waals surface area contributed by atoms with Crippen molar-refractivity contribution >= 4 is 15.9 Å². The molecule has 1 heterocycles. The molecule has 0 saturated heterocycles. The summed E-state index contributed by atoms with van der Waals surface area (Å²) in [6.07, 6.45) is 3.65. The summed E-state index contributed by atoms with van der Waals surface area (Å²) >= 11 is 3.65. The number of aryl methyl sites for hydroxylation is 1. The van der Waals surface area contributed by atoms with Crippen molar-refractivity contribution in [1.82, 2.24) is 10.3 Å². The largest absolute Gasteiger partial charge is 0.490 e. The summed E-state index contributed by atoms with van der Waals surface area (Å²) in [5.41, 5.74) is 4.67. The molecule has 4 nitrogen and oxygen atoms in total. The zero-order valence-corrected chi connectivity index (χ0v) is 17.8. The number of aromatic nitrogens is 1. The molecule has 0 spiro atoms. The fraction of sp³-hybridized carbons (Fsp3) is 0.261. The molecule has 0 bridgehead atoms. The topological polar surface area (TPSA) is 43.4 Å². The molecule has 0 radical (unpaired) electrons. The lowest BCUT2D eigenvalue weighted by Crippen LogP contribution is -2.13. The van der Waals surface area contributed by atoms with Gasteiger partial charge < -0.3 is 14.8 Å². The van der Waals surface area contributed by atoms with E-state index in [1.54, 1.807) is 6.20 Å². The minimum Gasteiger partial charge on any atom is -0.490 e. The first-order valence-electron chi connectivity index (χ1n) is 9.39. The quantitative estimate of drug-likeness (QED) is 0.482. The number of hydrogen-bond donors (Lipinski definition) is 1. The Morgan fingerprint density at radius 3 is 2.57 bits per heavy atom. The number of halogens is 1. The lowest BCUT2D eigenvalue weighted by Gasteiger charge is -2.16. The summed E-state index contributed by atoms with van der Waals surface area (Å²) in [5.74, 6) is 1.49. The summed E-state index contributed by atoms with van der Waals surface area (Å²) in [4.78, 5) is 4.14. The van der Waals surface area contributed by atoms with Crippen LogP contribution in [-0.2, 0) is 19.7 Å². The van der Waals surface area contributed by atoms with Gasteiger partial charge in [0.15, 0.2) is 11.5 Å². The first-order chi connectivity index (χ1) is 13.7. The monoisotopic (exact) mass is 440 g/mol. The van der Waals surface area contributed by atoms with E-state index in [2.05, 4.69) is 57.4 Å². The number of nitrogens with zero attached hydrogens (tertiary/aromatic N) is 1. The van der Waals surface area contributed by atoms with Gasteiger partial charge in [0.05, 0.1) is 11.1 Å². The Balaban J connectivity index is 1.69. The predicted molar refractivity (Wildman–Crippen MR) is 116 cm³/mol. The van der Waals surface area contributed by atoms with Crippen LogP contribution in [0.1, 0.15) is 29.2 Å². The molecule has 2 aromatic carbocycles. The fourth-order valence-electron chi connectivity index (χ4n) is 2.90. The number of pyridine rings is 1. The Labute approximate surface area is 175 Å². The van der Waals surface area contributed by atoms with Crippen LogP contribution in [0.5, 0.6) is 11.5 Å². The van der Waals surface area contributed by atoms with Crippen LogP contribution in [0.3, 0.4) is 0 Å². The Morgan fingerprint density at radius 2 is 1.82 bits per heavy atom. The van der Waals surface area contributed by atoms with Gasteiger partial charge >= 0.3 is 0 Å². The normalized spacial score (nSPS) is 10.7. The van der Waals surface area contributed by atoms with Gasteiger partial charge in [-0.3, -0.25) is 4.98 Å². The van der Waals surface area contributed by atoms with Crippen molar-refractivity contribution < 1.29 is 9.47 Å². The summed E-state index contributed by atoms with van der Waals surface area (Å²) in [6, 6.07) is 16.4. The van der Waals surface area contributed by atoms with Gasteiger partial charge in [0.2, 0.25) is 0 Å². The molecule has 0 atom stereocenters. The Kier molecular flexibility index (Phi) is 7.46. The molecule has 5 heteroatoms. The highest BCUT2D eigenvalue weighted by molar-refractivity contribution is 9.10. The molecule has 0 saturated carbocycles. The summed E-state index contributed by atoms with van der Waals surface area (Å²) in [7, 11) is 0. The third kappa shape index (κ3) is 5.57. The highest BCUT2D eigenvalue weighted by Crippen LogP contribution is 2.37. The van der Waals surface area contributed by atoms with E-state index in [9.17, 15) is 0 Å². The van der Waals surface area contributed by atoms with E-state index in [1.807, 2.05) is 37.4 Å². The van der Waals surface area contributed by atoms with E-state index in [0.29, 0.717) is 13.2 Å². The minimum atomic E-state index is 0.504. The van der Waals surface area contributed by atoms with Gasteiger partial charge in [-0.05, 0) is 70.2 Å². The molecule has 1 aromatic heterocycles. The summed E-state index contributed by atoms with van der Waals surface area (Å²) < 4.78 is 12.9. The van der Waals surface area contributed by atoms with Crippen molar-refractivity contribution in [2.75, 3.05) is 6.61 Å². The molecular weight excluding hydrogens is 416 g/mol. The molecule has 0 aliphatic rings. The van der Waals surface area contributed by atoms with Crippen molar-refractivity contribution in [1.29, 1.82) is 0 Å². The molecule has 146 valence electrons. The number of nitrogens with one attached hydrogen (secondary N) is 1. The van der Waals surface area contributed by atoms with Crippen LogP contribution >= 0.6 is 15.9 Å². The van der Waals surface area contributed by atoms with Crippen molar-refractivity contribution in [3.05, 3.63) is 87.7 Å². The zero-order chi connectivity index (χ0) is 19.8. The average molecular weight is 441 g/mol. The lowest BCUT2D eigenvalue weighted by molar-refractivity contribution is 0.267. The molecular formula is C23H25BrN2O2. The van der Waals surface area contributed by atoms with Crippen molar-refractivity contribution in [2.45, 2.75) is 33.5 Å². The fourth-order valence-corrected chi connectivity index (χ4v) is 3.51. The third-order valence-corrected chi connectivity index (χ3v) is 4.97. The maximum Gasteiger partial charge on any atom is 0.175 e. The first kappa shape index (κ1) is 20.4. The highest BCUT2D eigenvalue weighted by Gasteiger charge is 2.13. The second-order valence-corrected chi connectivity index (χ2v) is 7.37. The maximum absolute atomic E-state index is 6.12. The van der Waals surface area contributed by atoms with Gasteiger partial charge in [-0.25, -0.2) is 0 Å². The number of ether oxygens (including phenoxy) is 2. The smallest absolute Gasteiger partial charge is 0.175 e. The van der Waals surface area contributed by atoms with E-state index in [-0.39, 0.29) is 0 Å². The lowest BCUT2D eigenvalue weighted by atomic mass is 10.1. The molecule has 1 N–H and O–H groups in total. The third-order valence-electron chi connectivity index (χ3n) is 4.38. The average Bonchev–Trinajstić information content (AvgIpc) is 2.70. The molecule has 0 fully saturated rings. The molecule has 3 rings (SSSR count). The van der Waals surface area contributed by atoms with Gasteiger partial charge in [-0.1, -0.05) is 30.3 Å². The first-order valence-corrected chi connectivity index (χ1v) is 10.2. The Hall–Kier alpha value is -2.37. The van der Waals surface area contributed by atoms with Crippen LogP contribution < -0.4 is 14.8 Å². The van der Waals surface area contributed by atoms with Gasteiger partial charge in [0, 0.05) is 25.5 Å². The molecule has 3 aromatic rings. The standard InChI is InChI=1S/C23H25BrN2O2/c1-3-27-22-12-19(15-26-14-18-8-6-10-25-13-18)11-21(24)23(22)28-16-20-9-5-4-7-17(20)2/h4-13,26H,3,14-16H2,1-2H3. The molecule has 0 unspecified atom stereocenters. The minimum absolute atomic E-state index is 0.504. The summed E-state index contributed by atoms with van der Waals surface area (Å²) in [5, 5.41) is 3.44. The molecule has 0 amide bonds. The van der Waals surface area contributed by atoms with Crippen LogP contribution in [0.15, 0.2) is 65.4 Å². The Morgan fingerprint density at radius 1 is 1.00 bits per heavy atom. The van der Waals surface area contributed by atoms with Crippen LogP contribution in [0.25, 0.3) is 0 Å². The van der Waals surface area contributed by atoms with E-state index in [1.165, 1.54) is 11.1 Å². The van der Waals surface area contributed by atoms with Gasteiger partial charge in [0.1, 0.15) is 6.61 Å². The van der Waals surface area contributed by atoms with Gasteiger partial charge in [0.25, 0.3) is 0 Å². The predicted octanol–water partition coefficient (Wildman–Crippen LogP) is 5.42. The van der Waals surface area contributed by atoms with Gasteiger partial charge in [-0.2, -0.15) is 0 Å². The van der Waals surface area contributed by atoms with Crippen molar-refractivity contribution in [3.8, 4) is 11.5 Å². The van der Waals surface area contributed by atoms with Crippen LogP contribution in [0.2, 0.25) is 0 Å². The van der Waals surface area contributed by atoms with E-state index in [4.69, 9.17) is 9.47 Å². The van der Waals surface area contributed by atoms with Gasteiger partial charge in [-0.15, -0.1) is 0 Å².